The smallest absolute Gasteiger partial charge is 0.175 e. The predicted octanol–water partition coefficient (Wildman–Crippen LogP) is 3.30. The van der Waals surface area contributed by atoms with Crippen LogP contribution in [0.5, 0.6) is 0 Å². The highest BCUT2D eigenvalue weighted by Crippen LogP contribution is 2.30. The van der Waals surface area contributed by atoms with Crippen LogP contribution in [-0.4, -0.2) is 26.2 Å². The highest BCUT2D eigenvalue weighted by molar-refractivity contribution is 7.90. The Morgan fingerprint density at radius 2 is 1.82 bits per heavy atom. The van der Waals surface area contributed by atoms with E-state index in [0.717, 1.165) is 34.2 Å². The van der Waals surface area contributed by atoms with Crippen molar-refractivity contribution in [1.82, 2.24) is 4.98 Å². The first-order chi connectivity index (χ1) is 13.3. The van der Waals surface area contributed by atoms with Crippen LogP contribution >= 0.6 is 0 Å². The minimum atomic E-state index is -3.29. The second-order valence-electron chi connectivity index (χ2n) is 6.67. The topological polar surface area (TPSA) is 99.1 Å². The van der Waals surface area contributed by atoms with Crippen LogP contribution in [-0.2, 0) is 16.3 Å². The molecule has 0 bridgehead atoms. The van der Waals surface area contributed by atoms with Crippen molar-refractivity contribution in [2.45, 2.75) is 11.3 Å². The molecule has 28 heavy (non-hydrogen) atoms. The number of nitrogen functional groups attached to an aromatic ring is 1. The van der Waals surface area contributed by atoms with Crippen LogP contribution in [0.1, 0.15) is 16.7 Å². The number of hydrogen-bond acceptors (Lipinski definition) is 5. The maximum atomic E-state index is 11.9. The highest BCUT2D eigenvalue weighted by atomic mass is 32.2. The third-order valence-electron chi connectivity index (χ3n) is 4.55. The summed E-state index contributed by atoms with van der Waals surface area (Å²) in [5.41, 5.74) is 16.8. The van der Waals surface area contributed by atoms with Crippen molar-refractivity contribution in [2.75, 3.05) is 18.5 Å². The Bertz CT molecular complexity index is 1140. The molecule has 0 amide bonds. The summed E-state index contributed by atoms with van der Waals surface area (Å²) in [6.07, 6.45) is 3.61. The van der Waals surface area contributed by atoms with Crippen LogP contribution in [0, 0.1) is 0 Å². The third-order valence-corrected chi connectivity index (χ3v) is 5.66. The molecule has 0 aliphatic rings. The lowest BCUT2D eigenvalue weighted by atomic mass is 9.95. The molecule has 0 radical (unpaired) electrons. The molecule has 0 saturated carbocycles. The van der Waals surface area contributed by atoms with Crippen molar-refractivity contribution >= 4 is 21.2 Å². The lowest BCUT2D eigenvalue weighted by molar-refractivity contribution is 0.602. The molecule has 2 aromatic carbocycles. The molecule has 6 heteroatoms. The van der Waals surface area contributed by atoms with Crippen molar-refractivity contribution in [3.63, 3.8) is 0 Å². The summed E-state index contributed by atoms with van der Waals surface area (Å²) in [6.45, 7) is 4.78. The van der Waals surface area contributed by atoms with Gasteiger partial charge in [0.25, 0.3) is 0 Å². The Balaban J connectivity index is 2.03. The van der Waals surface area contributed by atoms with E-state index in [1.165, 1.54) is 6.26 Å². The standard InChI is InChI=1S/C22H23N3O2S/c1-15(17-6-3-5-16(11-17)9-10-23)21-13-19(14-25-22(21)24)18-7-4-8-20(12-18)28(2,26)27/h3-8,11-14H,1,9-10,23H2,2H3,(H2,24,25). The molecule has 0 unspecified atom stereocenters. The molecule has 0 aliphatic heterocycles. The normalized spacial score (nSPS) is 11.4. The minimum Gasteiger partial charge on any atom is -0.383 e. The Morgan fingerprint density at radius 3 is 2.54 bits per heavy atom. The van der Waals surface area contributed by atoms with Crippen LogP contribution < -0.4 is 11.5 Å². The SMILES string of the molecule is C=C(c1cccc(CCN)c1)c1cc(-c2cccc(S(C)(=O)=O)c2)cnc1N. The quantitative estimate of drug-likeness (QED) is 0.669. The molecular weight excluding hydrogens is 370 g/mol. The highest BCUT2D eigenvalue weighted by Gasteiger charge is 2.12. The van der Waals surface area contributed by atoms with E-state index in [-0.39, 0.29) is 4.90 Å². The average Bonchev–Trinajstić information content (AvgIpc) is 2.68. The Labute approximate surface area is 165 Å². The fraction of sp³-hybridized carbons (Fsp3) is 0.136. The summed E-state index contributed by atoms with van der Waals surface area (Å²) < 4.78 is 23.7. The van der Waals surface area contributed by atoms with Gasteiger partial charge in [-0.1, -0.05) is 43.0 Å². The number of rotatable bonds is 6. The fourth-order valence-corrected chi connectivity index (χ4v) is 3.68. The predicted molar refractivity (Wildman–Crippen MR) is 115 cm³/mol. The van der Waals surface area contributed by atoms with Gasteiger partial charge >= 0.3 is 0 Å². The van der Waals surface area contributed by atoms with Gasteiger partial charge in [-0.05, 0) is 53.4 Å². The van der Waals surface area contributed by atoms with Gasteiger partial charge in [0.2, 0.25) is 0 Å². The molecule has 1 heterocycles. The molecule has 4 N–H and O–H groups in total. The van der Waals surface area contributed by atoms with Crippen LogP contribution in [0.2, 0.25) is 0 Å². The molecule has 5 nitrogen and oxygen atoms in total. The van der Waals surface area contributed by atoms with Crippen molar-refractivity contribution in [3.05, 3.63) is 84.1 Å². The monoisotopic (exact) mass is 393 g/mol. The van der Waals surface area contributed by atoms with Crippen LogP contribution in [0.15, 0.2) is 72.3 Å². The summed E-state index contributed by atoms with van der Waals surface area (Å²) in [6, 6.07) is 16.7. The Hall–Kier alpha value is -2.96. The second-order valence-corrected chi connectivity index (χ2v) is 8.69. The lowest BCUT2D eigenvalue weighted by Crippen LogP contribution is -2.03. The van der Waals surface area contributed by atoms with E-state index in [4.69, 9.17) is 11.5 Å². The number of hydrogen-bond donors (Lipinski definition) is 2. The van der Waals surface area contributed by atoms with E-state index in [0.29, 0.717) is 17.9 Å². The molecule has 0 saturated heterocycles. The molecule has 3 aromatic rings. The molecular formula is C22H23N3O2S. The van der Waals surface area contributed by atoms with E-state index >= 15 is 0 Å². The van der Waals surface area contributed by atoms with E-state index in [1.54, 1.807) is 24.4 Å². The molecule has 0 atom stereocenters. The van der Waals surface area contributed by atoms with Crippen molar-refractivity contribution < 1.29 is 8.42 Å². The average molecular weight is 394 g/mol. The first-order valence-electron chi connectivity index (χ1n) is 8.84. The van der Waals surface area contributed by atoms with Gasteiger partial charge in [0.15, 0.2) is 9.84 Å². The van der Waals surface area contributed by atoms with E-state index in [2.05, 4.69) is 11.6 Å². The van der Waals surface area contributed by atoms with Crippen molar-refractivity contribution in [2.24, 2.45) is 5.73 Å². The molecule has 3 rings (SSSR count). The number of aromatic nitrogens is 1. The zero-order valence-electron chi connectivity index (χ0n) is 15.7. The number of nitrogens with two attached hydrogens (primary N) is 2. The molecule has 0 spiro atoms. The summed E-state index contributed by atoms with van der Waals surface area (Å²) in [7, 11) is -3.29. The van der Waals surface area contributed by atoms with E-state index in [9.17, 15) is 8.42 Å². The van der Waals surface area contributed by atoms with Gasteiger partial charge in [0, 0.05) is 23.6 Å². The van der Waals surface area contributed by atoms with E-state index < -0.39 is 9.84 Å². The summed E-state index contributed by atoms with van der Waals surface area (Å²) in [5, 5.41) is 0. The van der Waals surface area contributed by atoms with Crippen LogP contribution in [0.25, 0.3) is 16.7 Å². The first-order valence-corrected chi connectivity index (χ1v) is 10.7. The number of benzene rings is 2. The van der Waals surface area contributed by atoms with Crippen molar-refractivity contribution in [3.8, 4) is 11.1 Å². The largest absolute Gasteiger partial charge is 0.383 e. The Morgan fingerprint density at radius 1 is 1.07 bits per heavy atom. The zero-order chi connectivity index (χ0) is 20.3. The summed E-state index contributed by atoms with van der Waals surface area (Å²) in [5.74, 6) is 0.372. The maximum Gasteiger partial charge on any atom is 0.175 e. The number of pyridine rings is 1. The van der Waals surface area contributed by atoms with Gasteiger partial charge in [-0.15, -0.1) is 0 Å². The molecule has 0 aliphatic carbocycles. The van der Waals surface area contributed by atoms with Gasteiger partial charge in [-0.3, -0.25) is 0 Å². The lowest BCUT2D eigenvalue weighted by Gasteiger charge is -2.12. The van der Waals surface area contributed by atoms with Gasteiger partial charge in [-0.25, -0.2) is 13.4 Å². The minimum absolute atomic E-state index is 0.261. The molecule has 0 fully saturated rings. The Kier molecular flexibility index (Phi) is 5.63. The molecule has 144 valence electrons. The van der Waals surface area contributed by atoms with Gasteiger partial charge in [-0.2, -0.15) is 0 Å². The van der Waals surface area contributed by atoms with Crippen LogP contribution in [0.4, 0.5) is 5.82 Å². The number of nitrogens with zero attached hydrogens (tertiary/aromatic N) is 1. The van der Waals surface area contributed by atoms with Gasteiger partial charge in [0.1, 0.15) is 5.82 Å². The van der Waals surface area contributed by atoms with Gasteiger partial charge in [0.05, 0.1) is 4.90 Å². The zero-order valence-corrected chi connectivity index (χ0v) is 16.5. The van der Waals surface area contributed by atoms with Gasteiger partial charge < -0.3 is 11.5 Å². The number of anilines is 1. The van der Waals surface area contributed by atoms with E-state index in [1.807, 2.05) is 36.4 Å². The maximum absolute atomic E-state index is 11.9. The number of sulfone groups is 1. The fourth-order valence-electron chi connectivity index (χ4n) is 3.02. The summed E-state index contributed by atoms with van der Waals surface area (Å²) in [4.78, 5) is 4.56. The first kappa shape index (κ1) is 19.8. The third kappa shape index (κ3) is 4.30. The second kappa shape index (κ2) is 7.96. The molecule has 1 aromatic heterocycles. The summed E-state index contributed by atoms with van der Waals surface area (Å²) >= 11 is 0. The van der Waals surface area contributed by atoms with Crippen LogP contribution in [0.3, 0.4) is 0 Å². The van der Waals surface area contributed by atoms with Crippen molar-refractivity contribution in [1.29, 1.82) is 0 Å².